The van der Waals surface area contributed by atoms with Gasteiger partial charge in [-0.25, -0.2) is 0 Å². The summed E-state index contributed by atoms with van der Waals surface area (Å²) in [5.74, 6) is 0.921. The van der Waals surface area contributed by atoms with Gasteiger partial charge in [0.15, 0.2) is 0 Å². The fourth-order valence-corrected chi connectivity index (χ4v) is 2.82. The van der Waals surface area contributed by atoms with Gasteiger partial charge in [-0.3, -0.25) is 4.79 Å². The van der Waals surface area contributed by atoms with Crippen LogP contribution in [0.25, 0.3) is 0 Å². The van der Waals surface area contributed by atoms with E-state index < -0.39 is 0 Å². The molecule has 0 spiro atoms. The lowest BCUT2D eigenvalue weighted by Crippen LogP contribution is -2.11. The average molecular weight is 340 g/mol. The zero-order chi connectivity index (χ0) is 15.1. The molecule has 1 N–H and O–H groups in total. The van der Waals surface area contributed by atoms with E-state index in [2.05, 4.69) is 5.32 Å². The van der Waals surface area contributed by atoms with Crippen molar-refractivity contribution in [1.29, 1.82) is 0 Å². The highest BCUT2D eigenvalue weighted by atomic mass is 35.5. The van der Waals surface area contributed by atoms with Crippen molar-refractivity contribution in [3.8, 4) is 0 Å². The Bertz CT molecular complexity index is 584. The first-order chi connectivity index (χ1) is 10.1. The van der Waals surface area contributed by atoms with Crippen LogP contribution in [0.2, 0.25) is 10.0 Å². The van der Waals surface area contributed by atoms with Gasteiger partial charge in [-0.15, -0.1) is 11.8 Å². The Morgan fingerprint density at radius 3 is 2.14 bits per heavy atom. The Morgan fingerprint density at radius 1 is 0.952 bits per heavy atom. The number of nitrogens with one attached hydrogen (secondary N) is 1. The zero-order valence-electron chi connectivity index (χ0n) is 11.3. The molecule has 5 heteroatoms. The van der Waals surface area contributed by atoms with Crippen LogP contribution < -0.4 is 5.32 Å². The minimum absolute atomic E-state index is 0.0222. The lowest BCUT2D eigenvalue weighted by atomic mass is 10.3. The van der Waals surface area contributed by atoms with Crippen LogP contribution in [0.15, 0.2) is 53.4 Å². The number of thioether (sulfide) groups is 1. The molecular weight excluding hydrogens is 325 g/mol. The summed E-state index contributed by atoms with van der Waals surface area (Å²) in [6, 6.07) is 14.8. The largest absolute Gasteiger partial charge is 0.326 e. The number of carbonyl (C=O) groups excluding carboxylic acids is 1. The van der Waals surface area contributed by atoms with Gasteiger partial charge in [-0.1, -0.05) is 23.2 Å². The molecule has 0 unspecified atom stereocenters. The molecule has 0 atom stereocenters. The number of halogens is 2. The van der Waals surface area contributed by atoms with E-state index >= 15 is 0 Å². The van der Waals surface area contributed by atoms with Crippen molar-refractivity contribution < 1.29 is 4.79 Å². The third-order valence-electron chi connectivity index (χ3n) is 2.76. The summed E-state index contributed by atoms with van der Waals surface area (Å²) in [5, 5.41) is 4.25. The average Bonchev–Trinajstić information content (AvgIpc) is 2.48. The van der Waals surface area contributed by atoms with E-state index in [4.69, 9.17) is 23.2 Å². The first-order valence-electron chi connectivity index (χ1n) is 6.57. The number of hydrogen-bond acceptors (Lipinski definition) is 2. The Morgan fingerprint density at radius 2 is 1.52 bits per heavy atom. The third-order valence-corrected chi connectivity index (χ3v) is 4.36. The number of amides is 1. The van der Waals surface area contributed by atoms with Gasteiger partial charge >= 0.3 is 0 Å². The number of hydrogen-bond donors (Lipinski definition) is 1. The van der Waals surface area contributed by atoms with Crippen molar-refractivity contribution in [3.63, 3.8) is 0 Å². The second-order valence-corrected chi connectivity index (χ2v) is 6.50. The molecule has 0 aliphatic heterocycles. The summed E-state index contributed by atoms with van der Waals surface area (Å²) in [6.45, 7) is 0. The first kappa shape index (κ1) is 16.2. The van der Waals surface area contributed by atoms with Gasteiger partial charge in [0.2, 0.25) is 5.91 Å². The van der Waals surface area contributed by atoms with Crippen molar-refractivity contribution in [2.24, 2.45) is 0 Å². The van der Waals surface area contributed by atoms with E-state index in [1.165, 1.54) is 0 Å². The maximum atomic E-state index is 11.8. The number of benzene rings is 2. The minimum atomic E-state index is 0.0222. The smallest absolute Gasteiger partial charge is 0.224 e. The summed E-state index contributed by atoms with van der Waals surface area (Å²) < 4.78 is 0. The van der Waals surface area contributed by atoms with Gasteiger partial charge in [0.1, 0.15) is 0 Å². The van der Waals surface area contributed by atoms with Crippen molar-refractivity contribution in [1.82, 2.24) is 0 Å². The predicted molar refractivity (Wildman–Crippen MR) is 91.5 cm³/mol. The fourth-order valence-electron chi connectivity index (χ4n) is 1.71. The molecule has 1 amide bonds. The Balaban J connectivity index is 1.67. The van der Waals surface area contributed by atoms with Crippen LogP contribution in [-0.4, -0.2) is 11.7 Å². The highest BCUT2D eigenvalue weighted by molar-refractivity contribution is 7.99. The van der Waals surface area contributed by atoms with E-state index in [1.54, 1.807) is 36.0 Å². The summed E-state index contributed by atoms with van der Waals surface area (Å²) in [7, 11) is 0. The van der Waals surface area contributed by atoms with Crippen LogP contribution in [-0.2, 0) is 4.79 Å². The van der Waals surface area contributed by atoms with Crippen molar-refractivity contribution in [3.05, 3.63) is 58.6 Å². The molecular formula is C16H15Cl2NOS. The summed E-state index contributed by atoms with van der Waals surface area (Å²) in [6.07, 6.45) is 1.33. The molecule has 0 bridgehead atoms. The maximum absolute atomic E-state index is 11.8. The lowest BCUT2D eigenvalue weighted by Gasteiger charge is -2.05. The normalized spacial score (nSPS) is 10.4. The van der Waals surface area contributed by atoms with Gasteiger partial charge in [-0.05, 0) is 60.7 Å². The fraction of sp³-hybridized carbons (Fsp3) is 0.188. The summed E-state index contributed by atoms with van der Waals surface area (Å²) >= 11 is 13.3. The minimum Gasteiger partial charge on any atom is -0.326 e. The van der Waals surface area contributed by atoms with E-state index in [0.29, 0.717) is 11.4 Å². The Kier molecular flexibility index (Phi) is 6.43. The molecule has 0 fully saturated rings. The molecule has 0 heterocycles. The lowest BCUT2D eigenvalue weighted by molar-refractivity contribution is -0.116. The van der Waals surface area contributed by atoms with Gasteiger partial charge < -0.3 is 5.32 Å². The second-order valence-electron chi connectivity index (χ2n) is 4.46. The molecule has 110 valence electrons. The third kappa shape index (κ3) is 6.00. The van der Waals surface area contributed by atoms with E-state index in [0.717, 1.165) is 27.8 Å². The zero-order valence-corrected chi connectivity index (χ0v) is 13.6. The van der Waals surface area contributed by atoms with Gasteiger partial charge in [0.25, 0.3) is 0 Å². The van der Waals surface area contributed by atoms with Crippen LogP contribution >= 0.6 is 35.0 Å². The highest BCUT2D eigenvalue weighted by Gasteiger charge is 2.03. The number of anilines is 1. The molecule has 0 radical (unpaired) electrons. The molecule has 2 nitrogen and oxygen atoms in total. The molecule has 2 rings (SSSR count). The van der Waals surface area contributed by atoms with E-state index in [1.807, 2.05) is 24.3 Å². The van der Waals surface area contributed by atoms with Crippen LogP contribution in [0.5, 0.6) is 0 Å². The van der Waals surface area contributed by atoms with Crippen LogP contribution in [0.3, 0.4) is 0 Å². The summed E-state index contributed by atoms with van der Waals surface area (Å²) in [5.41, 5.74) is 0.773. The quantitative estimate of drug-likeness (QED) is 0.555. The van der Waals surface area contributed by atoms with E-state index in [9.17, 15) is 4.79 Å². The van der Waals surface area contributed by atoms with Crippen molar-refractivity contribution in [2.75, 3.05) is 11.1 Å². The molecule has 0 aromatic heterocycles. The van der Waals surface area contributed by atoms with Crippen LogP contribution in [0.1, 0.15) is 12.8 Å². The van der Waals surface area contributed by atoms with Crippen LogP contribution in [0, 0.1) is 0 Å². The Hall–Kier alpha value is -1.16. The predicted octanol–water partition coefficient (Wildman–Crippen LogP) is 5.50. The molecule has 0 saturated heterocycles. The van der Waals surface area contributed by atoms with Crippen LogP contribution in [0.4, 0.5) is 5.69 Å². The molecule has 21 heavy (non-hydrogen) atoms. The molecule has 0 aliphatic carbocycles. The number of rotatable bonds is 6. The topological polar surface area (TPSA) is 29.1 Å². The first-order valence-corrected chi connectivity index (χ1v) is 8.31. The molecule has 0 aliphatic rings. The highest BCUT2D eigenvalue weighted by Crippen LogP contribution is 2.21. The molecule has 2 aromatic rings. The van der Waals surface area contributed by atoms with Crippen molar-refractivity contribution in [2.45, 2.75) is 17.7 Å². The van der Waals surface area contributed by atoms with E-state index in [-0.39, 0.29) is 5.91 Å². The standard InChI is InChI=1S/C16H15Cl2NOS/c17-12-3-7-14(8-4-12)19-16(20)2-1-11-21-15-9-5-13(18)6-10-15/h3-10H,1-2,11H2,(H,19,20). The van der Waals surface area contributed by atoms with Crippen molar-refractivity contribution >= 4 is 46.6 Å². The Labute approximate surface area is 138 Å². The second kappa shape index (κ2) is 8.32. The SMILES string of the molecule is O=C(CCCSc1ccc(Cl)cc1)Nc1ccc(Cl)cc1. The van der Waals surface area contributed by atoms with Gasteiger partial charge in [0.05, 0.1) is 0 Å². The molecule has 2 aromatic carbocycles. The van der Waals surface area contributed by atoms with Gasteiger partial charge in [0, 0.05) is 27.0 Å². The number of carbonyl (C=O) groups is 1. The molecule has 0 saturated carbocycles. The monoisotopic (exact) mass is 339 g/mol. The maximum Gasteiger partial charge on any atom is 0.224 e. The summed E-state index contributed by atoms with van der Waals surface area (Å²) in [4.78, 5) is 12.9. The van der Waals surface area contributed by atoms with Gasteiger partial charge in [-0.2, -0.15) is 0 Å².